The minimum Gasteiger partial charge on any atom is -0.193 e. The highest BCUT2D eigenvalue weighted by Gasteiger charge is 2.35. The van der Waals surface area contributed by atoms with Gasteiger partial charge in [0.1, 0.15) is 5.69 Å². The number of rotatable bonds is 1. The molecule has 0 amide bonds. The number of benzene rings is 1. The molecule has 0 aliphatic carbocycles. The monoisotopic (exact) mass is 271 g/mol. The standard InChI is InChI=1S/C8H2Cl2F3NS/c9-4-1-5(8(11,12)13)7(14-3-15)6(10)2-4/h1-2H. The molecule has 1 aromatic carbocycles. The van der Waals surface area contributed by atoms with Crippen LogP contribution in [-0.2, 0) is 6.18 Å². The predicted molar refractivity (Wildman–Crippen MR) is 56.2 cm³/mol. The van der Waals surface area contributed by atoms with Crippen molar-refractivity contribution in [2.75, 3.05) is 0 Å². The second-order valence-corrected chi connectivity index (χ2v) is 3.51. The highest BCUT2D eigenvalue weighted by molar-refractivity contribution is 7.78. The van der Waals surface area contributed by atoms with Gasteiger partial charge in [-0.25, -0.2) is 0 Å². The van der Waals surface area contributed by atoms with Gasteiger partial charge in [-0.1, -0.05) is 23.2 Å². The first kappa shape index (κ1) is 12.5. The van der Waals surface area contributed by atoms with Crippen LogP contribution in [0.4, 0.5) is 18.9 Å². The summed E-state index contributed by atoms with van der Waals surface area (Å²) < 4.78 is 37.5. The van der Waals surface area contributed by atoms with Crippen molar-refractivity contribution < 1.29 is 13.2 Å². The second-order valence-electron chi connectivity index (χ2n) is 2.48. The fraction of sp³-hybridized carbons (Fsp3) is 0.125. The number of nitrogens with zero attached hydrogens (tertiary/aromatic N) is 1. The van der Waals surface area contributed by atoms with Crippen molar-refractivity contribution in [2.45, 2.75) is 6.18 Å². The minimum atomic E-state index is -4.58. The zero-order valence-corrected chi connectivity index (χ0v) is 9.23. The maximum atomic E-state index is 12.5. The Balaban J connectivity index is 3.54. The second kappa shape index (κ2) is 4.49. The topological polar surface area (TPSA) is 12.4 Å². The van der Waals surface area contributed by atoms with Gasteiger partial charge in [0.05, 0.1) is 15.7 Å². The summed E-state index contributed by atoms with van der Waals surface area (Å²) in [5, 5.41) is 1.51. The number of halogens is 5. The van der Waals surface area contributed by atoms with Crippen molar-refractivity contribution in [1.82, 2.24) is 0 Å². The van der Waals surface area contributed by atoms with E-state index < -0.39 is 17.4 Å². The summed E-state index contributed by atoms with van der Waals surface area (Å²) in [4.78, 5) is 3.27. The SMILES string of the molecule is FC(F)(F)c1cc(Cl)cc(Cl)c1N=C=S. The summed E-state index contributed by atoms with van der Waals surface area (Å²) in [5.74, 6) is 0. The smallest absolute Gasteiger partial charge is 0.193 e. The molecule has 0 unspecified atom stereocenters. The molecule has 1 rings (SSSR count). The molecule has 0 saturated carbocycles. The van der Waals surface area contributed by atoms with Crippen LogP contribution >= 0.6 is 35.4 Å². The maximum Gasteiger partial charge on any atom is 0.418 e. The zero-order valence-electron chi connectivity index (χ0n) is 6.90. The quantitative estimate of drug-likeness (QED) is 0.531. The van der Waals surface area contributed by atoms with Crippen LogP contribution in [0.15, 0.2) is 17.1 Å². The van der Waals surface area contributed by atoms with Crippen LogP contribution in [-0.4, -0.2) is 5.16 Å². The lowest BCUT2D eigenvalue weighted by molar-refractivity contribution is -0.137. The summed E-state index contributed by atoms with van der Waals surface area (Å²) in [7, 11) is 0. The molecule has 0 bridgehead atoms. The Morgan fingerprint density at radius 2 is 1.87 bits per heavy atom. The molecule has 0 aliphatic heterocycles. The lowest BCUT2D eigenvalue weighted by Gasteiger charge is -2.10. The van der Waals surface area contributed by atoms with Crippen LogP contribution in [0.2, 0.25) is 10.0 Å². The normalized spacial score (nSPS) is 11.0. The highest BCUT2D eigenvalue weighted by atomic mass is 35.5. The average molecular weight is 272 g/mol. The first-order valence-electron chi connectivity index (χ1n) is 3.50. The molecule has 1 nitrogen and oxygen atoms in total. The molecule has 0 radical (unpaired) electrons. The predicted octanol–water partition coefficient (Wildman–Crippen LogP) is 4.75. The summed E-state index contributed by atoms with van der Waals surface area (Å²) in [6, 6.07) is 1.89. The molecule has 0 fully saturated rings. The van der Waals surface area contributed by atoms with Crippen molar-refractivity contribution in [1.29, 1.82) is 0 Å². The van der Waals surface area contributed by atoms with Crippen LogP contribution in [0, 0.1) is 0 Å². The Labute approximate surface area is 98.5 Å². The Morgan fingerprint density at radius 1 is 1.27 bits per heavy atom. The van der Waals surface area contributed by atoms with Gasteiger partial charge in [0.2, 0.25) is 0 Å². The van der Waals surface area contributed by atoms with E-state index in [0.717, 1.165) is 12.1 Å². The molecule has 80 valence electrons. The van der Waals surface area contributed by atoms with Crippen molar-refractivity contribution in [2.24, 2.45) is 4.99 Å². The minimum absolute atomic E-state index is 0.115. The van der Waals surface area contributed by atoms with E-state index in [1.54, 1.807) is 0 Å². The number of hydrogen-bond acceptors (Lipinski definition) is 2. The van der Waals surface area contributed by atoms with Gasteiger partial charge in [-0.3, -0.25) is 0 Å². The van der Waals surface area contributed by atoms with Gasteiger partial charge >= 0.3 is 6.18 Å². The first-order valence-corrected chi connectivity index (χ1v) is 4.67. The van der Waals surface area contributed by atoms with E-state index in [-0.39, 0.29) is 10.0 Å². The molecule has 0 aromatic heterocycles. The largest absolute Gasteiger partial charge is 0.418 e. The third-order valence-electron chi connectivity index (χ3n) is 1.49. The fourth-order valence-electron chi connectivity index (χ4n) is 0.941. The maximum absolute atomic E-state index is 12.5. The van der Waals surface area contributed by atoms with Gasteiger partial charge in [-0.2, -0.15) is 18.2 Å². The van der Waals surface area contributed by atoms with Crippen molar-refractivity contribution in [3.05, 3.63) is 27.7 Å². The third-order valence-corrected chi connectivity index (χ3v) is 2.09. The number of hydrogen-bond donors (Lipinski definition) is 0. The average Bonchev–Trinajstić information content (AvgIpc) is 2.07. The van der Waals surface area contributed by atoms with E-state index in [2.05, 4.69) is 17.2 Å². The van der Waals surface area contributed by atoms with E-state index in [4.69, 9.17) is 23.2 Å². The lowest BCUT2D eigenvalue weighted by atomic mass is 10.2. The van der Waals surface area contributed by atoms with Gasteiger partial charge in [0, 0.05) is 5.02 Å². The third kappa shape index (κ3) is 2.92. The number of thiocarbonyl (C=S) groups is 1. The van der Waals surface area contributed by atoms with Crippen molar-refractivity contribution >= 4 is 46.3 Å². The Morgan fingerprint density at radius 3 is 2.33 bits per heavy atom. The van der Waals surface area contributed by atoms with Crippen molar-refractivity contribution in [3.63, 3.8) is 0 Å². The summed E-state index contributed by atoms with van der Waals surface area (Å²) in [6.45, 7) is 0. The van der Waals surface area contributed by atoms with Crippen LogP contribution in [0.3, 0.4) is 0 Å². The van der Waals surface area contributed by atoms with Crippen LogP contribution in [0.5, 0.6) is 0 Å². The zero-order chi connectivity index (χ0) is 11.6. The van der Waals surface area contributed by atoms with Crippen LogP contribution < -0.4 is 0 Å². The summed E-state index contributed by atoms with van der Waals surface area (Å²) in [6.07, 6.45) is -4.58. The van der Waals surface area contributed by atoms with Crippen LogP contribution in [0.1, 0.15) is 5.56 Å². The van der Waals surface area contributed by atoms with Gasteiger partial charge in [0.25, 0.3) is 0 Å². The van der Waals surface area contributed by atoms with E-state index in [1.165, 1.54) is 0 Å². The molecule has 0 saturated heterocycles. The Kier molecular flexibility index (Phi) is 3.73. The van der Waals surface area contributed by atoms with Crippen LogP contribution in [0.25, 0.3) is 0 Å². The number of isothiocyanates is 1. The number of alkyl halides is 3. The Bertz CT molecular complexity index is 438. The highest BCUT2D eigenvalue weighted by Crippen LogP contribution is 2.41. The lowest BCUT2D eigenvalue weighted by Crippen LogP contribution is -2.05. The van der Waals surface area contributed by atoms with Gasteiger partial charge in [-0.15, -0.1) is 0 Å². The summed E-state index contributed by atoms with van der Waals surface area (Å²) in [5.41, 5.74) is -1.50. The van der Waals surface area contributed by atoms with E-state index in [0.29, 0.717) is 0 Å². The van der Waals surface area contributed by atoms with E-state index in [1.807, 2.05) is 5.16 Å². The molecule has 0 spiro atoms. The number of aliphatic imine (C=N–C) groups is 1. The molecular formula is C8H2Cl2F3NS. The van der Waals surface area contributed by atoms with E-state index in [9.17, 15) is 13.2 Å². The molecule has 0 atom stereocenters. The molecule has 1 aromatic rings. The molecule has 0 N–H and O–H groups in total. The fourth-order valence-corrected chi connectivity index (χ4v) is 1.57. The molecule has 0 heterocycles. The van der Waals surface area contributed by atoms with Gasteiger partial charge in [-0.05, 0) is 24.4 Å². The molecular weight excluding hydrogens is 270 g/mol. The summed E-state index contributed by atoms with van der Waals surface area (Å²) >= 11 is 15.2. The Hall–Kier alpha value is -0.610. The molecule has 0 aliphatic rings. The molecule has 15 heavy (non-hydrogen) atoms. The molecule has 7 heteroatoms. The van der Waals surface area contributed by atoms with E-state index >= 15 is 0 Å². The first-order chi connectivity index (χ1) is 6.86. The van der Waals surface area contributed by atoms with Gasteiger partial charge < -0.3 is 0 Å². The van der Waals surface area contributed by atoms with Crippen molar-refractivity contribution in [3.8, 4) is 0 Å². The van der Waals surface area contributed by atoms with Gasteiger partial charge in [0.15, 0.2) is 0 Å².